The van der Waals surface area contributed by atoms with Crippen LogP contribution in [0.3, 0.4) is 0 Å². The summed E-state index contributed by atoms with van der Waals surface area (Å²) < 4.78 is 13.5. The average molecular weight is 345 g/mol. The first kappa shape index (κ1) is 16.2. The number of hydroxylamine groups is 2. The van der Waals surface area contributed by atoms with Crippen LogP contribution in [-0.4, -0.2) is 28.6 Å². The highest BCUT2D eigenvalue weighted by Gasteiger charge is 2.38. The van der Waals surface area contributed by atoms with Gasteiger partial charge in [-0.05, 0) is 24.3 Å². The molecule has 0 unspecified atom stereocenters. The first-order chi connectivity index (χ1) is 11.6. The molecule has 122 valence electrons. The molecule has 2 aromatic rings. The molecule has 0 atom stereocenters. The van der Waals surface area contributed by atoms with Crippen LogP contribution in [0.1, 0.15) is 27.1 Å². The van der Waals surface area contributed by atoms with Crippen LogP contribution in [0.25, 0.3) is 0 Å². The van der Waals surface area contributed by atoms with Gasteiger partial charge in [0.1, 0.15) is 5.82 Å². The fraction of sp³-hybridized carbons (Fsp3) is 0.118. The molecule has 0 saturated carbocycles. The highest BCUT2D eigenvalue weighted by molar-refractivity contribution is 7.99. The van der Waals surface area contributed by atoms with E-state index in [4.69, 9.17) is 4.84 Å². The Kier molecular flexibility index (Phi) is 4.61. The van der Waals surface area contributed by atoms with Crippen molar-refractivity contribution >= 4 is 29.5 Å². The van der Waals surface area contributed by atoms with Crippen molar-refractivity contribution in [1.29, 1.82) is 0 Å². The van der Waals surface area contributed by atoms with Crippen LogP contribution in [0.2, 0.25) is 0 Å². The molecule has 0 aromatic heterocycles. The molecule has 2 aromatic carbocycles. The molecule has 1 aliphatic rings. The lowest BCUT2D eigenvalue weighted by Gasteiger charge is -2.12. The predicted octanol–water partition coefficient (Wildman–Crippen LogP) is 3.06. The van der Waals surface area contributed by atoms with Crippen LogP contribution in [0.15, 0.2) is 53.4 Å². The standard InChI is InChI=1S/C17H12FNO4S/c18-13-7-3-4-8-14(13)24-10-9-15(20)23-19-16(21)11-5-1-2-6-12(11)17(19)22/h1-8H,9-10H2. The number of rotatable bonds is 5. The van der Waals surface area contributed by atoms with Crippen LogP contribution in [-0.2, 0) is 9.63 Å². The summed E-state index contributed by atoms with van der Waals surface area (Å²) >= 11 is 1.16. The maximum Gasteiger partial charge on any atom is 0.334 e. The molecule has 0 aliphatic carbocycles. The molecule has 0 radical (unpaired) electrons. The quantitative estimate of drug-likeness (QED) is 0.616. The van der Waals surface area contributed by atoms with E-state index in [9.17, 15) is 18.8 Å². The number of fused-ring (bicyclic) bond motifs is 1. The molecule has 0 spiro atoms. The molecule has 0 N–H and O–H groups in total. The summed E-state index contributed by atoms with van der Waals surface area (Å²) in [6.07, 6.45) is -0.0631. The maximum absolute atomic E-state index is 13.5. The lowest BCUT2D eigenvalue weighted by molar-refractivity contribution is -0.167. The van der Waals surface area contributed by atoms with E-state index in [0.29, 0.717) is 9.96 Å². The number of halogens is 1. The molecule has 5 nitrogen and oxygen atoms in total. The van der Waals surface area contributed by atoms with Gasteiger partial charge >= 0.3 is 5.97 Å². The summed E-state index contributed by atoms with van der Waals surface area (Å²) in [7, 11) is 0. The maximum atomic E-state index is 13.5. The van der Waals surface area contributed by atoms with Crippen molar-refractivity contribution in [3.8, 4) is 0 Å². The molecule has 1 aliphatic heterocycles. The number of hydrogen-bond acceptors (Lipinski definition) is 5. The van der Waals surface area contributed by atoms with Gasteiger partial charge in [-0.3, -0.25) is 9.59 Å². The van der Waals surface area contributed by atoms with E-state index in [0.717, 1.165) is 11.8 Å². The minimum Gasteiger partial charge on any atom is -0.330 e. The molecule has 0 bridgehead atoms. The zero-order valence-electron chi connectivity index (χ0n) is 12.4. The number of thioether (sulfide) groups is 1. The number of hydrogen-bond donors (Lipinski definition) is 0. The zero-order valence-corrected chi connectivity index (χ0v) is 13.2. The van der Waals surface area contributed by atoms with Gasteiger partial charge in [-0.1, -0.05) is 29.3 Å². The topological polar surface area (TPSA) is 63.7 Å². The number of carbonyl (C=O) groups is 3. The fourth-order valence-corrected chi connectivity index (χ4v) is 3.07. The highest BCUT2D eigenvalue weighted by atomic mass is 32.2. The van der Waals surface area contributed by atoms with E-state index >= 15 is 0 Å². The Morgan fingerprint density at radius 3 is 2.21 bits per heavy atom. The number of nitrogens with zero attached hydrogens (tertiary/aromatic N) is 1. The molecule has 1 heterocycles. The van der Waals surface area contributed by atoms with Crippen molar-refractivity contribution in [3.05, 3.63) is 65.5 Å². The second-order valence-electron chi connectivity index (χ2n) is 4.94. The molecular weight excluding hydrogens is 333 g/mol. The highest BCUT2D eigenvalue weighted by Crippen LogP contribution is 2.24. The third-order valence-electron chi connectivity index (χ3n) is 3.35. The van der Waals surface area contributed by atoms with E-state index in [-0.39, 0.29) is 29.1 Å². The minimum atomic E-state index is -0.728. The SMILES string of the molecule is O=C(CCSc1ccccc1F)ON1C(=O)c2ccccc2C1=O. The lowest BCUT2D eigenvalue weighted by atomic mass is 10.1. The van der Waals surface area contributed by atoms with E-state index in [1.165, 1.54) is 18.2 Å². The summed E-state index contributed by atoms with van der Waals surface area (Å²) in [5.74, 6) is -2.15. The number of imide groups is 1. The Hall–Kier alpha value is -2.67. The first-order valence-electron chi connectivity index (χ1n) is 7.14. The number of amides is 2. The van der Waals surface area contributed by atoms with Crippen LogP contribution >= 0.6 is 11.8 Å². The number of carbonyl (C=O) groups excluding carboxylic acids is 3. The van der Waals surface area contributed by atoms with Gasteiger partial charge in [-0.15, -0.1) is 11.8 Å². The minimum absolute atomic E-state index is 0.0631. The van der Waals surface area contributed by atoms with Gasteiger partial charge < -0.3 is 4.84 Å². The van der Waals surface area contributed by atoms with Crippen molar-refractivity contribution in [2.75, 3.05) is 5.75 Å². The molecule has 3 rings (SSSR count). The Balaban J connectivity index is 1.56. The molecule has 0 fully saturated rings. The van der Waals surface area contributed by atoms with Crippen molar-refractivity contribution in [1.82, 2.24) is 5.06 Å². The monoisotopic (exact) mass is 345 g/mol. The molecule has 24 heavy (non-hydrogen) atoms. The van der Waals surface area contributed by atoms with Gasteiger partial charge in [0.15, 0.2) is 0 Å². The second kappa shape index (κ2) is 6.84. The van der Waals surface area contributed by atoms with Crippen LogP contribution in [0.5, 0.6) is 0 Å². The number of benzene rings is 2. The molecule has 7 heteroatoms. The van der Waals surface area contributed by atoms with Gasteiger partial charge in [0, 0.05) is 10.6 Å². The summed E-state index contributed by atoms with van der Waals surface area (Å²) in [5.41, 5.74) is 0.409. The second-order valence-corrected chi connectivity index (χ2v) is 6.08. The summed E-state index contributed by atoms with van der Waals surface area (Å²) in [6, 6.07) is 12.5. The van der Waals surface area contributed by atoms with E-state index in [1.807, 2.05) is 0 Å². The normalized spacial score (nSPS) is 13.1. The Bertz CT molecular complexity index is 789. The zero-order chi connectivity index (χ0) is 17.1. The Morgan fingerprint density at radius 1 is 1.00 bits per heavy atom. The van der Waals surface area contributed by atoms with Crippen molar-refractivity contribution < 1.29 is 23.6 Å². The average Bonchev–Trinajstić information content (AvgIpc) is 2.82. The van der Waals surface area contributed by atoms with Gasteiger partial charge in [-0.25, -0.2) is 9.18 Å². The Labute approximate surface area is 141 Å². The fourth-order valence-electron chi connectivity index (χ4n) is 2.20. The third-order valence-corrected chi connectivity index (χ3v) is 4.40. The predicted molar refractivity (Wildman–Crippen MR) is 84.8 cm³/mol. The van der Waals surface area contributed by atoms with Gasteiger partial charge in [0.2, 0.25) is 0 Å². The summed E-state index contributed by atoms with van der Waals surface area (Å²) in [5, 5.41) is 0.473. The summed E-state index contributed by atoms with van der Waals surface area (Å²) in [6.45, 7) is 0. The van der Waals surface area contributed by atoms with Crippen molar-refractivity contribution in [2.45, 2.75) is 11.3 Å². The third kappa shape index (κ3) is 3.16. The largest absolute Gasteiger partial charge is 0.334 e. The van der Waals surface area contributed by atoms with E-state index in [1.54, 1.807) is 30.3 Å². The van der Waals surface area contributed by atoms with Gasteiger partial charge in [0.05, 0.1) is 17.5 Å². The molecular formula is C17H12FNO4S. The Morgan fingerprint density at radius 2 is 1.58 bits per heavy atom. The first-order valence-corrected chi connectivity index (χ1v) is 8.12. The van der Waals surface area contributed by atoms with Crippen molar-refractivity contribution in [3.63, 3.8) is 0 Å². The van der Waals surface area contributed by atoms with Crippen LogP contribution < -0.4 is 0 Å². The van der Waals surface area contributed by atoms with Crippen molar-refractivity contribution in [2.24, 2.45) is 0 Å². The molecule has 2 amide bonds. The van der Waals surface area contributed by atoms with E-state index in [2.05, 4.69) is 0 Å². The smallest absolute Gasteiger partial charge is 0.330 e. The lowest BCUT2D eigenvalue weighted by Crippen LogP contribution is -2.32. The van der Waals surface area contributed by atoms with Gasteiger partial charge in [0.25, 0.3) is 11.8 Å². The van der Waals surface area contributed by atoms with E-state index < -0.39 is 17.8 Å². The summed E-state index contributed by atoms with van der Waals surface area (Å²) in [4.78, 5) is 41.2. The van der Waals surface area contributed by atoms with Crippen LogP contribution in [0, 0.1) is 5.82 Å². The van der Waals surface area contributed by atoms with Crippen LogP contribution in [0.4, 0.5) is 4.39 Å². The van der Waals surface area contributed by atoms with Gasteiger partial charge in [-0.2, -0.15) is 0 Å². The molecule has 0 saturated heterocycles.